The van der Waals surface area contributed by atoms with E-state index in [4.69, 9.17) is 4.74 Å². The molecule has 0 saturated carbocycles. The molecule has 2 rings (SSSR count). The third kappa shape index (κ3) is 2.88. The highest BCUT2D eigenvalue weighted by molar-refractivity contribution is 5.31. The quantitative estimate of drug-likeness (QED) is 0.848. The van der Waals surface area contributed by atoms with E-state index in [1.807, 2.05) is 0 Å². The van der Waals surface area contributed by atoms with Crippen LogP contribution in [0.2, 0.25) is 0 Å². The number of hydrogen-bond acceptors (Lipinski definition) is 2. The van der Waals surface area contributed by atoms with E-state index in [1.165, 1.54) is 16.7 Å². The van der Waals surface area contributed by atoms with Gasteiger partial charge in [-0.05, 0) is 36.5 Å². The van der Waals surface area contributed by atoms with Crippen LogP contribution in [0.4, 0.5) is 0 Å². The van der Waals surface area contributed by atoms with Crippen LogP contribution >= 0.6 is 0 Å². The second kappa shape index (κ2) is 5.19. The maximum atomic E-state index is 6.17. The van der Waals surface area contributed by atoms with Crippen LogP contribution in [0.5, 0.6) is 0 Å². The zero-order valence-corrected chi connectivity index (χ0v) is 11.3. The highest BCUT2D eigenvalue weighted by Gasteiger charge is 2.25. The Morgan fingerprint density at radius 2 is 1.94 bits per heavy atom. The van der Waals surface area contributed by atoms with Crippen molar-refractivity contribution >= 4 is 0 Å². The van der Waals surface area contributed by atoms with Gasteiger partial charge in [-0.15, -0.1) is 0 Å². The minimum Gasteiger partial charge on any atom is -0.367 e. The molecule has 1 fully saturated rings. The Bertz CT molecular complexity index is 387. The smallest absolute Gasteiger partial charge is 0.0953 e. The molecule has 2 unspecified atom stereocenters. The molecule has 0 spiro atoms. The highest BCUT2D eigenvalue weighted by Crippen LogP contribution is 2.25. The summed E-state index contributed by atoms with van der Waals surface area (Å²) >= 11 is 0. The monoisotopic (exact) mass is 233 g/mol. The van der Waals surface area contributed by atoms with Crippen molar-refractivity contribution in [3.05, 3.63) is 34.9 Å². The Kier molecular flexibility index (Phi) is 3.85. The third-order valence-corrected chi connectivity index (χ3v) is 3.66. The largest absolute Gasteiger partial charge is 0.367 e. The van der Waals surface area contributed by atoms with E-state index >= 15 is 0 Å². The molecule has 17 heavy (non-hydrogen) atoms. The van der Waals surface area contributed by atoms with E-state index in [0.717, 1.165) is 13.1 Å². The Labute approximate surface area is 104 Å². The summed E-state index contributed by atoms with van der Waals surface area (Å²) in [4.78, 5) is 0. The van der Waals surface area contributed by atoms with Crippen molar-refractivity contribution in [3.63, 3.8) is 0 Å². The van der Waals surface area contributed by atoms with Gasteiger partial charge in [-0.25, -0.2) is 0 Å². The van der Waals surface area contributed by atoms with Crippen molar-refractivity contribution in [2.75, 3.05) is 13.1 Å². The summed E-state index contributed by atoms with van der Waals surface area (Å²) in [5.41, 5.74) is 3.99. The lowest BCUT2D eigenvalue weighted by atomic mass is 10.00. The van der Waals surface area contributed by atoms with Gasteiger partial charge in [0.05, 0.1) is 12.2 Å². The lowest BCUT2D eigenvalue weighted by molar-refractivity contribution is -0.0603. The SMILES string of the molecule is Cc1ccc(C2CNCC(C(C)C)O2)cc1C. The molecule has 1 saturated heterocycles. The average molecular weight is 233 g/mol. The zero-order chi connectivity index (χ0) is 12.4. The van der Waals surface area contributed by atoms with Crippen LogP contribution in [0.1, 0.15) is 36.6 Å². The molecule has 2 heteroatoms. The van der Waals surface area contributed by atoms with Gasteiger partial charge in [0, 0.05) is 13.1 Å². The number of rotatable bonds is 2. The first kappa shape index (κ1) is 12.6. The van der Waals surface area contributed by atoms with Crippen LogP contribution < -0.4 is 5.32 Å². The molecule has 94 valence electrons. The Balaban J connectivity index is 2.13. The molecule has 0 aromatic heterocycles. The maximum Gasteiger partial charge on any atom is 0.0953 e. The van der Waals surface area contributed by atoms with Gasteiger partial charge in [0.25, 0.3) is 0 Å². The predicted molar refractivity (Wildman–Crippen MR) is 71.2 cm³/mol. The first-order chi connectivity index (χ1) is 8.08. The van der Waals surface area contributed by atoms with E-state index in [1.54, 1.807) is 0 Å². The van der Waals surface area contributed by atoms with Crippen LogP contribution in [0, 0.1) is 19.8 Å². The second-order valence-electron chi connectivity index (χ2n) is 5.41. The minimum atomic E-state index is 0.204. The van der Waals surface area contributed by atoms with Gasteiger partial charge >= 0.3 is 0 Å². The second-order valence-corrected chi connectivity index (χ2v) is 5.41. The molecule has 0 bridgehead atoms. The fraction of sp³-hybridized carbons (Fsp3) is 0.600. The van der Waals surface area contributed by atoms with Crippen LogP contribution in [-0.4, -0.2) is 19.2 Å². The van der Waals surface area contributed by atoms with Crippen molar-refractivity contribution in [1.82, 2.24) is 5.32 Å². The standard InChI is InChI=1S/C15H23NO/c1-10(2)14-8-16-9-15(17-14)13-6-5-11(3)12(4)7-13/h5-7,10,14-16H,8-9H2,1-4H3. The molecule has 1 aliphatic heterocycles. The Hall–Kier alpha value is -0.860. The lowest BCUT2D eigenvalue weighted by Gasteiger charge is -2.33. The molecule has 0 amide bonds. The Morgan fingerprint density at radius 3 is 2.59 bits per heavy atom. The van der Waals surface area contributed by atoms with Crippen molar-refractivity contribution in [2.45, 2.75) is 39.9 Å². The van der Waals surface area contributed by atoms with Gasteiger partial charge < -0.3 is 10.1 Å². The fourth-order valence-electron chi connectivity index (χ4n) is 2.22. The number of aryl methyl sites for hydroxylation is 2. The summed E-state index contributed by atoms with van der Waals surface area (Å²) in [6.45, 7) is 10.6. The van der Waals surface area contributed by atoms with Gasteiger partial charge in [0.15, 0.2) is 0 Å². The van der Waals surface area contributed by atoms with Crippen molar-refractivity contribution < 1.29 is 4.74 Å². The first-order valence-electron chi connectivity index (χ1n) is 6.51. The third-order valence-electron chi connectivity index (χ3n) is 3.66. The average Bonchev–Trinajstić information content (AvgIpc) is 2.33. The first-order valence-corrected chi connectivity index (χ1v) is 6.51. The van der Waals surface area contributed by atoms with Gasteiger partial charge in [-0.3, -0.25) is 0 Å². The molecule has 1 heterocycles. The van der Waals surface area contributed by atoms with Gasteiger partial charge in [-0.2, -0.15) is 0 Å². The summed E-state index contributed by atoms with van der Waals surface area (Å²) in [5, 5.41) is 3.47. The van der Waals surface area contributed by atoms with Crippen LogP contribution in [0.25, 0.3) is 0 Å². The normalized spacial score (nSPS) is 25.2. The summed E-state index contributed by atoms with van der Waals surface area (Å²) in [6, 6.07) is 6.63. The highest BCUT2D eigenvalue weighted by atomic mass is 16.5. The molecule has 1 aromatic rings. The summed E-state index contributed by atoms with van der Waals surface area (Å²) in [6.07, 6.45) is 0.533. The number of benzene rings is 1. The van der Waals surface area contributed by atoms with E-state index in [-0.39, 0.29) is 6.10 Å². The van der Waals surface area contributed by atoms with Gasteiger partial charge in [-0.1, -0.05) is 32.0 Å². The topological polar surface area (TPSA) is 21.3 Å². The Morgan fingerprint density at radius 1 is 1.18 bits per heavy atom. The molecule has 0 aliphatic carbocycles. The summed E-state index contributed by atoms with van der Waals surface area (Å²) in [5.74, 6) is 0.567. The molecule has 0 radical (unpaired) electrons. The number of morpholine rings is 1. The molecule has 2 atom stereocenters. The summed E-state index contributed by atoms with van der Waals surface area (Å²) in [7, 11) is 0. The lowest BCUT2D eigenvalue weighted by Crippen LogP contribution is -2.43. The number of hydrogen-bond donors (Lipinski definition) is 1. The van der Waals surface area contributed by atoms with Crippen LogP contribution in [0.15, 0.2) is 18.2 Å². The molecule has 1 aromatic carbocycles. The van der Waals surface area contributed by atoms with E-state index in [2.05, 4.69) is 51.2 Å². The van der Waals surface area contributed by atoms with Crippen LogP contribution in [0.3, 0.4) is 0 Å². The molecule has 1 aliphatic rings. The van der Waals surface area contributed by atoms with Crippen molar-refractivity contribution in [1.29, 1.82) is 0 Å². The van der Waals surface area contributed by atoms with E-state index in [9.17, 15) is 0 Å². The zero-order valence-electron chi connectivity index (χ0n) is 11.3. The molecule has 1 N–H and O–H groups in total. The van der Waals surface area contributed by atoms with E-state index < -0.39 is 0 Å². The summed E-state index contributed by atoms with van der Waals surface area (Å²) < 4.78 is 6.17. The molecular weight excluding hydrogens is 210 g/mol. The maximum absolute atomic E-state index is 6.17. The molecular formula is C15H23NO. The fourth-order valence-corrected chi connectivity index (χ4v) is 2.22. The van der Waals surface area contributed by atoms with E-state index in [0.29, 0.717) is 12.0 Å². The predicted octanol–water partition coefficient (Wildman–Crippen LogP) is 2.99. The van der Waals surface area contributed by atoms with Crippen LogP contribution in [-0.2, 0) is 4.74 Å². The van der Waals surface area contributed by atoms with Crippen molar-refractivity contribution in [3.8, 4) is 0 Å². The number of ether oxygens (including phenoxy) is 1. The minimum absolute atomic E-state index is 0.204. The van der Waals surface area contributed by atoms with Crippen molar-refractivity contribution in [2.24, 2.45) is 5.92 Å². The van der Waals surface area contributed by atoms with Gasteiger partial charge in [0.2, 0.25) is 0 Å². The molecule has 2 nitrogen and oxygen atoms in total. The number of nitrogens with one attached hydrogen (secondary N) is 1. The van der Waals surface area contributed by atoms with Gasteiger partial charge in [0.1, 0.15) is 0 Å².